The molecule has 0 radical (unpaired) electrons. The third-order valence-electron chi connectivity index (χ3n) is 3.29. The number of hydrogen-bond acceptors (Lipinski definition) is 2. The Morgan fingerprint density at radius 2 is 1.67 bits per heavy atom. The zero-order chi connectivity index (χ0) is 10.1. The molecule has 2 heteroatoms. The van der Waals surface area contributed by atoms with Crippen molar-refractivity contribution in [1.82, 2.24) is 0 Å². The molecule has 0 atom stereocenters. The first-order valence-electron chi connectivity index (χ1n) is 6.03. The fourth-order valence-corrected chi connectivity index (χ4v) is 2.21. The predicted octanol–water partition coefficient (Wildman–Crippen LogP) is 2.86. The van der Waals surface area contributed by atoms with Gasteiger partial charge in [-0.3, -0.25) is 0 Å². The van der Waals surface area contributed by atoms with Crippen molar-refractivity contribution in [3.63, 3.8) is 0 Å². The minimum Gasteiger partial charge on any atom is -0.382 e. The highest BCUT2D eigenvalue weighted by molar-refractivity contribution is 5.56. The Bertz CT molecular complexity index is 321. The molecule has 1 aromatic rings. The van der Waals surface area contributed by atoms with E-state index in [2.05, 4.69) is 34.5 Å². The second-order valence-electron chi connectivity index (χ2n) is 4.66. The van der Waals surface area contributed by atoms with E-state index in [1.54, 1.807) is 0 Å². The third-order valence-corrected chi connectivity index (χ3v) is 3.29. The maximum Gasteiger partial charge on any atom is 0.0367 e. The first-order valence-corrected chi connectivity index (χ1v) is 6.03. The number of benzene rings is 1. The highest BCUT2D eigenvalue weighted by Gasteiger charge is 2.20. The molecular formula is C13H18N2. The van der Waals surface area contributed by atoms with Gasteiger partial charge in [-0.25, -0.2) is 0 Å². The fourth-order valence-electron chi connectivity index (χ4n) is 2.21. The molecule has 1 saturated carbocycles. The second kappa shape index (κ2) is 3.76. The number of nitrogens with one attached hydrogen (secondary N) is 1. The van der Waals surface area contributed by atoms with Crippen molar-refractivity contribution in [1.29, 1.82) is 0 Å². The van der Waals surface area contributed by atoms with Crippen LogP contribution in [0, 0.1) is 0 Å². The Hall–Kier alpha value is -1.18. The maximum atomic E-state index is 3.52. The van der Waals surface area contributed by atoms with Gasteiger partial charge in [0, 0.05) is 30.5 Å². The quantitative estimate of drug-likeness (QED) is 0.810. The maximum absolute atomic E-state index is 3.52. The lowest BCUT2D eigenvalue weighted by molar-refractivity contribution is 0.949. The molecule has 2 nitrogen and oxygen atoms in total. The van der Waals surface area contributed by atoms with Gasteiger partial charge in [-0.2, -0.15) is 0 Å². The number of hydrogen-bond donors (Lipinski definition) is 1. The first kappa shape index (κ1) is 9.08. The summed E-state index contributed by atoms with van der Waals surface area (Å²) in [6, 6.07) is 9.67. The van der Waals surface area contributed by atoms with E-state index >= 15 is 0 Å². The molecule has 3 rings (SSSR count). The summed E-state index contributed by atoms with van der Waals surface area (Å²) >= 11 is 0. The molecule has 1 aliphatic carbocycles. The molecule has 80 valence electrons. The zero-order valence-electron chi connectivity index (χ0n) is 9.08. The molecule has 1 aliphatic heterocycles. The van der Waals surface area contributed by atoms with Crippen LogP contribution in [0.3, 0.4) is 0 Å². The first-order chi connectivity index (χ1) is 7.42. The summed E-state index contributed by atoms with van der Waals surface area (Å²) in [5.74, 6) is 0. The Labute approximate surface area is 91.3 Å². The van der Waals surface area contributed by atoms with Gasteiger partial charge in [-0.1, -0.05) is 0 Å². The van der Waals surface area contributed by atoms with Crippen LogP contribution >= 0.6 is 0 Å². The molecule has 0 spiro atoms. The summed E-state index contributed by atoms with van der Waals surface area (Å²) < 4.78 is 0. The van der Waals surface area contributed by atoms with Crippen molar-refractivity contribution < 1.29 is 0 Å². The third kappa shape index (κ3) is 2.09. The predicted molar refractivity (Wildman–Crippen MR) is 64.5 cm³/mol. The van der Waals surface area contributed by atoms with Gasteiger partial charge in [0.05, 0.1) is 0 Å². The second-order valence-corrected chi connectivity index (χ2v) is 4.66. The smallest absolute Gasteiger partial charge is 0.0367 e. The molecule has 1 aromatic carbocycles. The van der Waals surface area contributed by atoms with Crippen LogP contribution in [-0.4, -0.2) is 19.1 Å². The van der Waals surface area contributed by atoms with Crippen LogP contribution in [0.1, 0.15) is 25.7 Å². The summed E-state index contributed by atoms with van der Waals surface area (Å²) in [5.41, 5.74) is 2.66. The lowest BCUT2D eigenvalue weighted by Gasteiger charge is -2.17. The molecule has 0 aromatic heterocycles. The van der Waals surface area contributed by atoms with E-state index in [1.807, 2.05) is 0 Å². The van der Waals surface area contributed by atoms with Gasteiger partial charge < -0.3 is 10.2 Å². The number of nitrogens with zero attached hydrogens (tertiary/aromatic N) is 1. The highest BCUT2D eigenvalue weighted by atomic mass is 15.1. The largest absolute Gasteiger partial charge is 0.382 e. The van der Waals surface area contributed by atoms with Gasteiger partial charge in [0.2, 0.25) is 0 Å². The molecular weight excluding hydrogens is 184 g/mol. The van der Waals surface area contributed by atoms with Crippen molar-refractivity contribution in [2.75, 3.05) is 23.3 Å². The zero-order valence-corrected chi connectivity index (χ0v) is 9.08. The molecule has 2 fully saturated rings. The molecule has 0 unspecified atom stereocenters. The molecule has 2 aliphatic rings. The van der Waals surface area contributed by atoms with Crippen LogP contribution in [-0.2, 0) is 0 Å². The van der Waals surface area contributed by atoms with Gasteiger partial charge in [0.1, 0.15) is 0 Å². The molecule has 1 N–H and O–H groups in total. The molecule has 0 amide bonds. The van der Waals surface area contributed by atoms with E-state index in [0.29, 0.717) is 0 Å². The summed E-state index contributed by atoms with van der Waals surface area (Å²) in [7, 11) is 0. The van der Waals surface area contributed by atoms with Gasteiger partial charge in [-0.15, -0.1) is 0 Å². The van der Waals surface area contributed by atoms with Gasteiger partial charge >= 0.3 is 0 Å². The van der Waals surface area contributed by atoms with Crippen molar-refractivity contribution in [3.05, 3.63) is 24.3 Å². The summed E-state index contributed by atoms with van der Waals surface area (Å²) in [5, 5.41) is 3.52. The van der Waals surface area contributed by atoms with E-state index in [-0.39, 0.29) is 0 Å². The number of rotatable bonds is 3. The average molecular weight is 202 g/mol. The summed E-state index contributed by atoms with van der Waals surface area (Å²) in [6.07, 6.45) is 5.38. The standard InChI is InChI=1S/C13H18N2/c1-2-10-15(9-1)13-7-5-12(6-8-13)14-11-3-4-11/h5-8,11,14H,1-4,9-10H2. The van der Waals surface area contributed by atoms with Crippen molar-refractivity contribution in [2.45, 2.75) is 31.7 Å². The van der Waals surface area contributed by atoms with Crippen molar-refractivity contribution in [3.8, 4) is 0 Å². The van der Waals surface area contributed by atoms with Crippen LogP contribution < -0.4 is 10.2 Å². The minimum atomic E-state index is 0.752. The Balaban J connectivity index is 1.68. The highest BCUT2D eigenvalue weighted by Crippen LogP contribution is 2.27. The molecule has 1 saturated heterocycles. The normalized spacial score (nSPS) is 20.7. The van der Waals surface area contributed by atoms with E-state index in [4.69, 9.17) is 0 Å². The van der Waals surface area contributed by atoms with E-state index < -0.39 is 0 Å². The topological polar surface area (TPSA) is 15.3 Å². The van der Waals surface area contributed by atoms with Crippen LogP contribution in [0.5, 0.6) is 0 Å². The van der Waals surface area contributed by atoms with Crippen LogP contribution in [0.4, 0.5) is 11.4 Å². The van der Waals surface area contributed by atoms with Crippen molar-refractivity contribution in [2.24, 2.45) is 0 Å². The lowest BCUT2D eigenvalue weighted by atomic mass is 10.2. The fraction of sp³-hybridized carbons (Fsp3) is 0.538. The average Bonchev–Trinajstić information content (AvgIpc) is 2.92. The Morgan fingerprint density at radius 1 is 1.00 bits per heavy atom. The minimum absolute atomic E-state index is 0.752. The number of anilines is 2. The Morgan fingerprint density at radius 3 is 2.27 bits per heavy atom. The van der Waals surface area contributed by atoms with Gasteiger partial charge in [0.25, 0.3) is 0 Å². The molecule has 0 bridgehead atoms. The van der Waals surface area contributed by atoms with Crippen LogP contribution in [0.15, 0.2) is 24.3 Å². The summed E-state index contributed by atoms with van der Waals surface area (Å²) in [6.45, 7) is 2.46. The van der Waals surface area contributed by atoms with E-state index in [1.165, 1.54) is 50.1 Å². The van der Waals surface area contributed by atoms with E-state index in [0.717, 1.165) is 6.04 Å². The van der Waals surface area contributed by atoms with E-state index in [9.17, 15) is 0 Å². The van der Waals surface area contributed by atoms with Gasteiger partial charge in [0.15, 0.2) is 0 Å². The monoisotopic (exact) mass is 202 g/mol. The van der Waals surface area contributed by atoms with Crippen LogP contribution in [0.2, 0.25) is 0 Å². The lowest BCUT2D eigenvalue weighted by Crippen LogP contribution is -2.17. The van der Waals surface area contributed by atoms with Gasteiger partial charge in [-0.05, 0) is 49.9 Å². The molecule has 1 heterocycles. The SMILES string of the molecule is c1cc(N2CCCC2)ccc1NC1CC1. The summed E-state index contributed by atoms with van der Waals surface area (Å²) in [4.78, 5) is 2.47. The molecule has 15 heavy (non-hydrogen) atoms. The van der Waals surface area contributed by atoms with Crippen LogP contribution in [0.25, 0.3) is 0 Å². The Kier molecular flexibility index (Phi) is 2.28. The van der Waals surface area contributed by atoms with Crippen molar-refractivity contribution >= 4 is 11.4 Å².